The largest absolute Gasteiger partial charge is 0.299 e. The molecule has 1 aliphatic rings. The van der Waals surface area contributed by atoms with Crippen LogP contribution in [0, 0.1) is 0 Å². The van der Waals surface area contributed by atoms with Crippen LogP contribution in [0.4, 0.5) is 5.69 Å². The molecule has 0 saturated carbocycles. The normalized spacial score (nSPS) is 14.2. The number of hydrogen-bond acceptors (Lipinski definition) is 5. The first-order valence-electron chi connectivity index (χ1n) is 5.35. The molecule has 2 heterocycles. The molecule has 0 bridgehead atoms. The Labute approximate surface area is 102 Å². The summed E-state index contributed by atoms with van der Waals surface area (Å²) < 4.78 is 0. The molecule has 2 aromatic rings. The maximum Gasteiger partial charge on any atom is 0.299 e. The Morgan fingerprint density at radius 3 is 2.72 bits per heavy atom. The van der Waals surface area contributed by atoms with Gasteiger partial charge >= 0.3 is 0 Å². The van der Waals surface area contributed by atoms with Gasteiger partial charge in [-0.05, 0) is 17.3 Å². The van der Waals surface area contributed by atoms with Gasteiger partial charge in [-0.25, -0.2) is 0 Å². The van der Waals surface area contributed by atoms with Crippen LogP contribution in [0.1, 0.15) is 16.2 Å². The fourth-order valence-electron chi connectivity index (χ4n) is 1.93. The lowest BCUT2D eigenvalue weighted by molar-refractivity contribution is -0.114. The number of hydrogen-bond donors (Lipinski definition) is 0. The molecular weight excluding hydrogens is 234 g/mol. The Morgan fingerprint density at radius 1 is 1.22 bits per heavy atom. The van der Waals surface area contributed by atoms with Crippen LogP contribution >= 0.6 is 0 Å². The van der Waals surface area contributed by atoms with Crippen LogP contribution in [0.5, 0.6) is 0 Å². The van der Waals surface area contributed by atoms with E-state index in [0.717, 1.165) is 0 Å². The van der Waals surface area contributed by atoms with Crippen molar-refractivity contribution in [2.75, 3.05) is 4.90 Å². The van der Waals surface area contributed by atoms with E-state index in [2.05, 4.69) is 15.4 Å². The van der Waals surface area contributed by atoms with Gasteiger partial charge in [0.25, 0.3) is 11.7 Å². The van der Waals surface area contributed by atoms with E-state index < -0.39 is 11.7 Å². The summed E-state index contributed by atoms with van der Waals surface area (Å²) >= 11 is 0. The summed E-state index contributed by atoms with van der Waals surface area (Å²) in [7, 11) is 1.64. The highest BCUT2D eigenvalue weighted by atomic mass is 16.2. The van der Waals surface area contributed by atoms with Crippen molar-refractivity contribution in [2.24, 2.45) is 7.05 Å². The third-order valence-corrected chi connectivity index (χ3v) is 2.73. The molecule has 0 spiro atoms. The number of ketones is 1. The number of carbonyl (C=O) groups excluding carboxylic acids is 2. The maximum atomic E-state index is 11.9. The highest BCUT2D eigenvalue weighted by Gasteiger charge is 2.35. The first-order chi connectivity index (χ1) is 8.66. The van der Waals surface area contributed by atoms with Gasteiger partial charge in [-0.3, -0.25) is 14.5 Å². The minimum Gasteiger partial charge on any atom is -0.297 e. The highest BCUT2D eigenvalue weighted by Crippen LogP contribution is 2.29. The topological polar surface area (TPSA) is 81.0 Å². The number of anilines is 1. The van der Waals surface area contributed by atoms with Crippen molar-refractivity contribution in [1.82, 2.24) is 20.2 Å². The number of fused-ring (bicyclic) bond motifs is 1. The van der Waals surface area contributed by atoms with Crippen molar-refractivity contribution in [3.05, 3.63) is 35.7 Å². The smallest absolute Gasteiger partial charge is 0.297 e. The molecule has 3 rings (SSSR count). The van der Waals surface area contributed by atoms with E-state index in [1.807, 2.05) is 0 Å². The average Bonchev–Trinajstić information content (AvgIpc) is 2.88. The zero-order valence-electron chi connectivity index (χ0n) is 9.57. The van der Waals surface area contributed by atoms with E-state index in [1.54, 1.807) is 31.3 Å². The number of aryl methyl sites for hydroxylation is 1. The third-order valence-electron chi connectivity index (χ3n) is 2.73. The van der Waals surface area contributed by atoms with Gasteiger partial charge in [0.15, 0.2) is 5.82 Å². The Hall–Kier alpha value is -2.57. The van der Waals surface area contributed by atoms with Gasteiger partial charge in [0, 0.05) is 0 Å². The van der Waals surface area contributed by atoms with Crippen LogP contribution in [-0.4, -0.2) is 31.9 Å². The Balaban J connectivity index is 1.98. The van der Waals surface area contributed by atoms with Crippen molar-refractivity contribution >= 4 is 17.4 Å². The Morgan fingerprint density at radius 2 is 2.00 bits per heavy atom. The van der Waals surface area contributed by atoms with Gasteiger partial charge in [0.2, 0.25) is 0 Å². The minimum atomic E-state index is -0.552. The second-order valence-corrected chi connectivity index (χ2v) is 3.93. The standard InChI is InChI=1S/C11H9N5O2/c1-15-13-9(12-14-15)6-16-8-5-3-2-4-7(8)10(17)11(16)18/h2-5H,6H2,1H3. The van der Waals surface area contributed by atoms with E-state index in [1.165, 1.54) is 9.70 Å². The van der Waals surface area contributed by atoms with Gasteiger partial charge in [-0.15, -0.1) is 10.2 Å². The molecule has 1 aliphatic heterocycles. The molecule has 1 aromatic carbocycles. The first-order valence-corrected chi connectivity index (χ1v) is 5.35. The molecule has 0 radical (unpaired) electrons. The van der Waals surface area contributed by atoms with Crippen LogP contribution in [0.25, 0.3) is 0 Å². The lowest BCUT2D eigenvalue weighted by Gasteiger charge is -2.13. The predicted molar refractivity (Wildman–Crippen MR) is 60.8 cm³/mol. The molecule has 1 amide bonds. The zero-order chi connectivity index (χ0) is 12.7. The minimum absolute atomic E-state index is 0.148. The van der Waals surface area contributed by atoms with Gasteiger partial charge in [-0.1, -0.05) is 12.1 Å². The number of rotatable bonds is 2. The monoisotopic (exact) mass is 243 g/mol. The van der Waals surface area contributed by atoms with E-state index in [9.17, 15) is 9.59 Å². The molecule has 90 valence electrons. The second kappa shape index (κ2) is 3.73. The van der Waals surface area contributed by atoms with E-state index in [4.69, 9.17) is 0 Å². The number of benzene rings is 1. The number of nitrogens with zero attached hydrogens (tertiary/aromatic N) is 5. The fourth-order valence-corrected chi connectivity index (χ4v) is 1.93. The van der Waals surface area contributed by atoms with Crippen LogP contribution in [0.2, 0.25) is 0 Å². The van der Waals surface area contributed by atoms with Crippen molar-refractivity contribution < 1.29 is 9.59 Å². The molecular formula is C11H9N5O2. The molecule has 0 aliphatic carbocycles. The lowest BCUT2D eigenvalue weighted by Crippen LogP contribution is -2.29. The summed E-state index contributed by atoms with van der Waals surface area (Å²) in [5.74, 6) is -0.645. The van der Waals surface area contributed by atoms with Crippen molar-refractivity contribution in [1.29, 1.82) is 0 Å². The molecule has 0 saturated heterocycles. The van der Waals surface area contributed by atoms with Crippen molar-refractivity contribution in [3.63, 3.8) is 0 Å². The molecule has 18 heavy (non-hydrogen) atoms. The fraction of sp³-hybridized carbons (Fsp3) is 0.182. The number of carbonyl (C=O) groups is 2. The van der Waals surface area contributed by atoms with E-state index in [-0.39, 0.29) is 6.54 Å². The van der Waals surface area contributed by atoms with Crippen LogP contribution in [0.3, 0.4) is 0 Å². The van der Waals surface area contributed by atoms with Gasteiger partial charge in [-0.2, -0.15) is 4.80 Å². The number of amides is 1. The summed E-state index contributed by atoms with van der Waals surface area (Å²) in [6.45, 7) is 0.148. The predicted octanol–water partition coefficient (Wildman–Crippen LogP) is -0.0604. The first kappa shape index (κ1) is 10.6. The molecule has 0 unspecified atom stereocenters. The average molecular weight is 243 g/mol. The second-order valence-electron chi connectivity index (χ2n) is 3.93. The van der Waals surface area contributed by atoms with Crippen LogP contribution in [-0.2, 0) is 18.4 Å². The van der Waals surface area contributed by atoms with Gasteiger partial charge in [0.1, 0.15) is 0 Å². The lowest BCUT2D eigenvalue weighted by atomic mass is 10.1. The Bertz CT molecular complexity index is 648. The van der Waals surface area contributed by atoms with Crippen molar-refractivity contribution in [3.8, 4) is 0 Å². The third kappa shape index (κ3) is 1.48. The Kier molecular flexibility index (Phi) is 2.19. The maximum absolute atomic E-state index is 11.9. The summed E-state index contributed by atoms with van der Waals surface area (Å²) in [4.78, 5) is 26.3. The zero-order valence-corrected chi connectivity index (χ0v) is 9.57. The molecule has 1 aromatic heterocycles. The number of tetrazole rings is 1. The summed E-state index contributed by atoms with van der Waals surface area (Å²) in [5, 5.41) is 11.5. The number of Topliss-reactive ketones (excluding diaryl/α,β-unsaturated/α-hetero) is 1. The van der Waals surface area contributed by atoms with E-state index in [0.29, 0.717) is 17.1 Å². The summed E-state index contributed by atoms with van der Waals surface area (Å²) in [6.07, 6.45) is 0. The summed E-state index contributed by atoms with van der Waals surface area (Å²) in [5.41, 5.74) is 1.02. The summed E-state index contributed by atoms with van der Waals surface area (Å²) in [6, 6.07) is 6.88. The van der Waals surface area contributed by atoms with Crippen LogP contribution in [0.15, 0.2) is 24.3 Å². The van der Waals surface area contributed by atoms with Crippen molar-refractivity contribution in [2.45, 2.75) is 6.54 Å². The molecule has 0 N–H and O–H groups in total. The van der Waals surface area contributed by atoms with Crippen LogP contribution < -0.4 is 4.90 Å². The van der Waals surface area contributed by atoms with Gasteiger partial charge < -0.3 is 0 Å². The molecule has 0 atom stereocenters. The number of para-hydroxylation sites is 1. The molecule has 0 fully saturated rings. The highest BCUT2D eigenvalue weighted by molar-refractivity contribution is 6.52. The SMILES string of the molecule is Cn1nnc(CN2C(=O)C(=O)c3ccccc32)n1. The number of aromatic nitrogens is 4. The quantitative estimate of drug-likeness (QED) is 0.690. The molecule has 7 heteroatoms. The van der Waals surface area contributed by atoms with Gasteiger partial charge in [0.05, 0.1) is 24.8 Å². The molecule has 7 nitrogen and oxygen atoms in total. The van der Waals surface area contributed by atoms with E-state index >= 15 is 0 Å².